The molecule has 0 radical (unpaired) electrons. The van der Waals surface area contributed by atoms with Gasteiger partial charge in [-0.15, -0.1) is 0 Å². The van der Waals surface area contributed by atoms with E-state index in [-0.39, 0.29) is 0 Å². The highest BCUT2D eigenvalue weighted by molar-refractivity contribution is 4.83. The molecular formula is C15H32N2. The summed E-state index contributed by atoms with van der Waals surface area (Å²) in [4.78, 5) is 0. The van der Waals surface area contributed by atoms with E-state index in [4.69, 9.17) is 0 Å². The van der Waals surface area contributed by atoms with Crippen molar-refractivity contribution >= 4 is 0 Å². The van der Waals surface area contributed by atoms with Gasteiger partial charge in [0.2, 0.25) is 0 Å². The van der Waals surface area contributed by atoms with Gasteiger partial charge in [-0.25, -0.2) is 0 Å². The molecule has 0 aromatic carbocycles. The molecule has 0 bridgehead atoms. The first kappa shape index (κ1) is 15.0. The number of unbranched alkanes of at least 4 members (excludes halogenated alkanes) is 5. The summed E-state index contributed by atoms with van der Waals surface area (Å²) < 4.78 is 0. The monoisotopic (exact) mass is 240 g/mol. The van der Waals surface area contributed by atoms with Crippen LogP contribution in [0.3, 0.4) is 0 Å². The minimum atomic E-state index is 0.500. The summed E-state index contributed by atoms with van der Waals surface area (Å²) in [5.41, 5.74) is 0.500. The molecule has 1 fully saturated rings. The van der Waals surface area contributed by atoms with E-state index in [0.717, 1.165) is 0 Å². The lowest BCUT2D eigenvalue weighted by molar-refractivity contribution is 0.226. The van der Waals surface area contributed by atoms with Crippen molar-refractivity contribution in [3.05, 3.63) is 0 Å². The molecule has 1 unspecified atom stereocenters. The minimum absolute atomic E-state index is 0.500. The summed E-state index contributed by atoms with van der Waals surface area (Å²) in [6.45, 7) is 9.49. The molecule has 1 rings (SSSR count). The molecule has 1 aliphatic rings. The first-order valence-electron chi connectivity index (χ1n) is 7.68. The Hall–Kier alpha value is -0.0800. The molecule has 0 saturated carbocycles. The Kier molecular flexibility index (Phi) is 7.87. The van der Waals surface area contributed by atoms with E-state index in [1.165, 1.54) is 77.5 Å². The van der Waals surface area contributed by atoms with Gasteiger partial charge in [-0.1, -0.05) is 46.0 Å². The topological polar surface area (TPSA) is 24.1 Å². The Balaban J connectivity index is 1.89. The molecule has 1 saturated heterocycles. The van der Waals surface area contributed by atoms with Crippen molar-refractivity contribution in [3.63, 3.8) is 0 Å². The lowest BCUT2D eigenvalue weighted by atomic mass is 9.83. The van der Waals surface area contributed by atoms with Crippen molar-refractivity contribution in [2.45, 2.75) is 65.2 Å². The second kappa shape index (κ2) is 8.93. The summed E-state index contributed by atoms with van der Waals surface area (Å²) in [5.74, 6) is 0. The van der Waals surface area contributed by atoms with Gasteiger partial charge in [-0.3, -0.25) is 0 Å². The van der Waals surface area contributed by atoms with Gasteiger partial charge in [0, 0.05) is 13.1 Å². The van der Waals surface area contributed by atoms with Crippen LogP contribution in [0.2, 0.25) is 0 Å². The Morgan fingerprint density at radius 3 is 2.59 bits per heavy atom. The van der Waals surface area contributed by atoms with Crippen molar-refractivity contribution in [1.29, 1.82) is 0 Å². The van der Waals surface area contributed by atoms with Crippen molar-refractivity contribution in [1.82, 2.24) is 10.6 Å². The van der Waals surface area contributed by atoms with E-state index in [1.807, 2.05) is 0 Å². The van der Waals surface area contributed by atoms with E-state index < -0.39 is 0 Å². The molecule has 1 atom stereocenters. The maximum Gasteiger partial charge on any atom is 0.00173 e. The number of rotatable bonds is 9. The van der Waals surface area contributed by atoms with Crippen molar-refractivity contribution in [2.24, 2.45) is 5.41 Å². The fraction of sp³-hybridized carbons (Fsp3) is 1.00. The quantitative estimate of drug-likeness (QED) is 0.604. The van der Waals surface area contributed by atoms with Crippen LogP contribution in [0, 0.1) is 5.41 Å². The number of nitrogens with one attached hydrogen (secondary N) is 2. The van der Waals surface area contributed by atoms with Gasteiger partial charge in [-0.05, 0) is 37.8 Å². The third kappa shape index (κ3) is 7.05. The average molecular weight is 240 g/mol. The lowest BCUT2D eigenvalue weighted by Gasteiger charge is -2.34. The zero-order valence-electron chi connectivity index (χ0n) is 12.0. The van der Waals surface area contributed by atoms with Gasteiger partial charge >= 0.3 is 0 Å². The lowest BCUT2D eigenvalue weighted by Crippen LogP contribution is -2.44. The summed E-state index contributed by atoms with van der Waals surface area (Å²) in [6, 6.07) is 0. The van der Waals surface area contributed by atoms with Gasteiger partial charge in [0.25, 0.3) is 0 Å². The van der Waals surface area contributed by atoms with Crippen LogP contribution in [-0.4, -0.2) is 26.2 Å². The van der Waals surface area contributed by atoms with Crippen molar-refractivity contribution in [2.75, 3.05) is 26.2 Å². The van der Waals surface area contributed by atoms with Crippen LogP contribution >= 0.6 is 0 Å². The third-order valence-electron chi connectivity index (χ3n) is 3.94. The fourth-order valence-electron chi connectivity index (χ4n) is 2.69. The molecular weight excluding hydrogens is 208 g/mol. The molecule has 2 nitrogen and oxygen atoms in total. The Labute approximate surface area is 108 Å². The fourth-order valence-corrected chi connectivity index (χ4v) is 2.69. The van der Waals surface area contributed by atoms with Crippen molar-refractivity contribution < 1.29 is 0 Å². The average Bonchev–Trinajstić information content (AvgIpc) is 2.33. The molecule has 1 heterocycles. The maximum atomic E-state index is 3.65. The van der Waals surface area contributed by atoms with Crippen LogP contribution in [0.15, 0.2) is 0 Å². The smallest absolute Gasteiger partial charge is 0.00173 e. The molecule has 17 heavy (non-hydrogen) atoms. The Morgan fingerprint density at radius 2 is 1.88 bits per heavy atom. The highest BCUT2D eigenvalue weighted by atomic mass is 14.9. The highest BCUT2D eigenvalue weighted by Gasteiger charge is 2.25. The van der Waals surface area contributed by atoms with E-state index in [1.54, 1.807) is 0 Å². The summed E-state index contributed by atoms with van der Waals surface area (Å²) >= 11 is 0. The molecule has 0 aromatic heterocycles. The Morgan fingerprint density at radius 1 is 1.12 bits per heavy atom. The van der Waals surface area contributed by atoms with Gasteiger partial charge in [0.1, 0.15) is 0 Å². The van der Waals surface area contributed by atoms with Gasteiger partial charge in [0.15, 0.2) is 0 Å². The summed E-state index contributed by atoms with van der Waals surface area (Å²) in [5, 5.41) is 7.16. The molecule has 0 aromatic rings. The van der Waals surface area contributed by atoms with Gasteiger partial charge in [-0.2, -0.15) is 0 Å². The molecule has 102 valence electrons. The van der Waals surface area contributed by atoms with E-state index in [2.05, 4.69) is 24.5 Å². The van der Waals surface area contributed by atoms with E-state index in [9.17, 15) is 0 Å². The SMILES string of the molecule is CCCCCCCCNCC1(C)CCCNC1. The normalized spacial score (nSPS) is 25.1. The van der Waals surface area contributed by atoms with Crippen LogP contribution in [0.4, 0.5) is 0 Å². The van der Waals surface area contributed by atoms with Crippen LogP contribution in [-0.2, 0) is 0 Å². The largest absolute Gasteiger partial charge is 0.316 e. The van der Waals surface area contributed by atoms with Gasteiger partial charge in [0.05, 0.1) is 0 Å². The first-order chi connectivity index (χ1) is 8.27. The van der Waals surface area contributed by atoms with Crippen LogP contribution in [0.1, 0.15) is 65.2 Å². The zero-order chi connectivity index (χ0) is 12.4. The molecule has 2 N–H and O–H groups in total. The molecule has 0 amide bonds. The second-order valence-electron chi connectivity index (χ2n) is 6.04. The van der Waals surface area contributed by atoms with Crippen molar-refractivity contribution in [3.8, 4) is 0 Å². The molecule has 2 heteroatoms. The van der Waals surface area contributed by atoms with Crippen LogP contribution in [0.5, 0.6) is 0 Å². The number of hydrogen-bond donors (Lipinski definition) is 2. The van der Waals surface area contributed by atoms with E-state index in [0.29, 0.717) is 5.41 Å². The summed E-state index contributed by atoms with van der Waals surface area (Å²) in [6.07, 6.45) is 11.1. The Bertz CT molecular complexity index is 174. The molecule has 0 spiro atoms. The minimum Gasteiger partial charge on any atom is -0.316 e. The standard InChI is InChI=1S/C15H32N2/c1-3-4-5-6-7-8-11-16-13-15(2)10-9-12-17-14-15/h16-17H,3-14H2,1-2H3. The number of piperidine rings is 1. The summed E-state index contributed by atoms with van der Waals surface area (Å²) in [7, 11) is 0. The van der Waals surface area contributed by atoms with Crippen LogP contribution in [0.25, 0.3) is 0 Å². The van der Waals surface area contributed by atoms with Gasteiger partial charge < -0.3 is 10.6 Å². The molecule has 0 aliphatic carbocycles. The third-order valence-corrected chi connectivity index (χ3v) is 3.94. The maximum absolute atomic E-state index is 3.65. The van der Waals surface area contributed by atoms with Crippen LogP contribution < -0.4 is 10.6 Å². The first-order valence-corrected chi connectivity index (χ1v) is 7.68. The second-order valence-corrected chi connectivity index (χ2v) is 6.04. The highest BCUT2D eigenvalue weighted by Crippen LogP contribution is 2.24. The number of hydrogen-bond acceptors (Lipinski definition) is 2. The molecule has 1 aliphatic heterocycles. The zero-order valence-corrected chi connectivity index (χ0v) is 12.0. The predicted octanol–water partition coefficient (Wildman–Crippen LogP) is 3.33. The predicted molar refractivity (Wildman–Crippen MR) is 76.5 cm³/mol. The van der Waals surface area contributed by atoms with E-state index >= 15 is 0 Å².